The van der Waals surface area contributed by atoms with Gasteiger partial charge in [0.15, 0.2) is 0 Å². The number of nitrogens with one attached hydrogen (secondary N) is 1. The molecule has 18 heavy (non-hydrogen) atoms. The average molecular weight is 250 g/mol. The summed E-state index contributed by atoms with van der Waals surface area (Å²) in [5.74, 6) is -0.975. The SMILES string of the molecule is CCCCNC(=O)N(C)c1ccc(C(=O)O)cc1. The van der Waals surface area contributed by atoms with Gasteiger partial charge in [0.2, 0.25) is 0 Å². The van der Waals surface area contributed by atoms with E-state index >= 15 is 0 Å². The van der Waals surface area contributed by atoms with Crippen LogP contribution in [-0.4, -0.2) is 30.7 Å². The number of urea groups is 1. The van der Waals surface area contributed by atoms with Crippen molar-refractivity contribution in [3.8, 4) is 0 Å². The van der Waals surface area contributed by atoms with Gasteiger partial charge in [0.25, 0.3) is 0 Å². The van der Waals surface area contributed by atoms with E-state index in [9.17, 15) is 9.59 Å². The predicted octanol–water partition coefficient (Wildman–Crippen LogP) is 2.33. The van der Waals surface area contributed by atoms with Crippen molar-refractivity contribution in [2.24, 2.45) is 0 Å². The summed E-state index contributed by atoms with van der Waals surface area (Å²) in [6.07, 6.45) is 1.97. The van der Waals surface area contributed by atoms with E-state index in [-0.39, 0.29) is 11.6 Å². The lowest BCUT2D eigenvalue weighted by molar-refractivity contribution is 0.0697. The number of anilines is 1. The smallest absolute Gasteiger partial charge is 0.335 e. The fraction of sp³-hybridized carbons (Fsp3) is 0.385. The van der Waals surface area contributed by atoms with Gasteiger partial charge in [-0.05, 0) is 30.7 Å². The van der Waals surface area contributed by atoms with E-state index in [0.717, 1.165) is 12.8 Å². The second-order valence-corrected chi connectivity index (χ2v) is 4.00. The Bertz CT molecular complexity index is 415. The van der Waals surface area contributed by atoms with Crippen LogP contribution in [0.3, 0.4) is 0 Å². The first-order chi connectivity index (χ1) is 8.56. The first-order valence-electron chi connectivity index (χ1n) is 5.91. The number of carbonyl (C=O) groups is 2. The third-order valence-corrected chi connectivity index (χ3v) is 2.61. The molecule has 1 rings (SSSR count). The Morgan fingerprint density at radius 1 is 1.28 bits per heavy atom. The van der Waals surface area contributed by atoms with Gasteiger partial charge in [-0.15, -0.1) is 0 Å². The molecule has 0 radical (unpaired) electrons. The van der Waals surface area contributed by atoms with E-state index in [1.165, 1.54) is 17.0 Å². The van der Waals surface area contributed by atoms with Crippen LogP contribution in [0.5, 0.6) is 0 Å². The molecular weight excluding hydrogens is 232 g/mol. The van der Waals surface area contributed by atoms with E-state index in [4.69, 9.17) is 5.11 Å². The zero-order valence-corrected chi connectivity index (χ0v) is 10.6. The monoisotopic (exact) mass is 250 g/mol. The molecule has 0 bridgehead atoms. The van der Waals surface area contributed by atoms with Crippen molar-refractivity contribution in [3.05, 3.63) is 29.8 Å². The van der Waals surface area contributed by atoms with Gasteiger partial charge in [-0.2, -0.15) is 0 Å². The lowest BCUT2D eigenvalue weighted by atomic mass is 10.2. The van der Waals surface area contributed by atoms with Crippen LogP contribution in [0.15, 0.2) is 24.3 Å². The number of hydrogen-bond acceptors (Lipinski definition) is 2. The largest absolute Gasteiger partial charge is 0.478 e. The van der Waals surface area contributed by atoms with Crippen LogP contribution in [0.1, 0.15) is 30.1 Å². The maximum atomic E-state index is 11.7. The van der Waals surface area contributed by atoms with Gasteiger partial charge in [0, 0.05) is 19.3 Å². The van der Waals surface area contributed by atoms with Gasteiger partial charge in [-0.1, -0.05) is 13.3 Å². The fourth-order valence-corrected chi connectivity index (χ4v) is 1.44. The highest BCUT2D eigenvalue weighted by atomic mass is 16.4. The highest BCUT2D eigenvalue weighted by Crippen LogP contribution is 2.13. The molecule has 2 amide bonds. The summed E-state index contributed by atoms with van der Waals surface area (Å²) in [7, 11) is 1.65. The third-order valence-electron chi connectivity index (χ3n) is 2.61. The minimum atomic E-state index is -0.975. The molecule has 98 valence electrons. The number of unbranched alkanes of at least 4 members (excludes halogenated alkanes) is 1. The van der Waals surface area contributed by atoms with Crippen LogP contribution in [0.4, 0.5) is 10.5 Å². The number of amides is 2. The Balaban J connectivity index is 2.63. The van der Waals surface area contributed by atoms with E-state index in [0.29, 0.717) is 12.2 Å². The van der Waals surface area contributed by atoms with Crippen molar-refractivity contribution in [3.63, 3.8) is 0 Å². The van der Waals surface area contributed by atoms with E-state index in [2.05, 4.69) is 12.2 Å². The predicted molar refractivity (Wildman–Crippen MR) is 70.1 cm³/mol. The summed E-state index contributed by atoms with van der Waals surface area (Å²) in [6, 6.07) is 6.00. The summed E-state index contributed by atoms with van der Waals surface area (Å²) in [6.45, 7) is 2.70. The number of carboxylic acids is 1. The third kappa shape index (κ3) is 3.76. The Hall–Kier alpha value is -2.04. The summed E-state index contributed by atoms with van der Waals surface area (Å²) >= 11 is 0. The number of hydrogen-bond donors (Lipinski definition) is 2. The number of benzene rings is 1. The zero-order valence-electron chi connectivity index (χ0n) is 10.6. The number of rotatable bonds is 5. The maximum absolute atomic E-state index is 11.7. The molecule has 0 atom stereocenters. The Kier molecular flexibility index (Phi) is 5.17. The fourth-order valence-electron chi connectivity index (χ4n) is 1.44. The minimum absolute atomic E-state index is 0.188. The molecule has 0 saturated heterocycles. The maximum Gasteiger partial charge on any atom is 0.335 e. The molecule has 0 aliphatic carbocycles. The Labute approximate surface area is 106 Å². The quantitative estimate of drug-likeness (QED) is 0.788. The molecule has 2 N–H and O–H groups in total. The lowest BCUT2D eigenvalue weighted by Gasteiger charge is -2.18. The van der Waals surface area contributed by atoms with Crippen LogP contribution in [0.2, 0.25) is 0 Å². The highest BCUT2D eigenvalue weighted by molar-refractivity contribution is 5.93. The summed E-state index contributed by atoms with van der Waals surface area (Å²) in [5.41, 5.74) is 0.868. The van der Waals surface area contributed by atoms with Gasteiger partial charge < -0.3 is 10.4 Å². The number of carbonyl (C=O) groups excluding carboxylic acids is 1. The second-order valence-electron chi connectivity index (χ2n) is 4.00. The van der Waals surface area contributed by atoms with Crippen molar-refractivity contribution >= 4 is 17.7 Å². The molecule has 0 aliphatic rings. The number of aromatic carboxylic acids is 1. The van der Waals surface area contributed by atoms with E-state index in [1.807, 2.05) is 0 Å². The highest BCUT2D eigenvalue weighted by Gasteiger charge is 2.10. The van der Waals surface area contributed by atoms with Crippen LogP contribution in [-0.2, 0) is 0 Å². The molecule has 0 aromatic heterocycles. The van der Waals surface area contributed by atoms with Gasteiger partial charge in [0.1, 0.15) is 0 Å². The van der Waals surface area contributed by atoms with Crippen molar-refractivity contribution < 1.29 is 14.7 Å². The molecule has 0 aliphatic heterocycles. The van der Waals surface area contributed by atoms with Crippen molar-refractivity contribution in [2.45, 2.75) is 19.8 Å². The molecule has 0 spiro atoms. The molecule has 0 unspecified atom stereocenters. The summed E-state index contributed by atoms with van der Waals surface area (Å²) in [4.78, 5) is 23.9. The first-order valence-corrected chi connectivity index (χ1v) is 5.91. The molecule has 1 aromatic carbocycles. The lowest BCUT2D eigenvalue weighted by Crippen LogP contribution is -2.37. The molecule has 0 heterocycles. The van der Waals surface area contributed by atoms with Crippen molar-refractivity contribution in [1.29, 1.82) is 0 Å². The normalized spacial score (nSPS) is 9.89. The number of nitrogens with zero attached hydrogens (tertiary/aromatic N) is 1. The van der Waals surface area contributed by atoms with Crippen LogP contribution in [0.25, 0.3) is 0 Å². The molecule has 1 aromatic rings. The van der Waals surface area contributed by atoms with Gasteiger partial charge in [0.05, 0.1) is 5.56 Å². The van der Waals surface area contributed by atoms with E-state index in [1.54, 1.807) is 19.2 Å². The van der Waals surface area contributed by atoms with Gasteiger partial charge >= 0.3 is 12.0 Å². The van der Waals surface area contributed by atoms with Crippen molar-refractivity contribution in [2.75, 3.05) is 18.5 Å². The first kappa shape index (κ1) is 14.0. The second kappa shape index (κ2) is 6.64. The van der Waals surface area contributed by atoms with Gasteiger partial charge in [-0.25, -0.2) is 9.59 Å². The minimum Gasteiger partial charge on any atom is -0.478 e. The Morgan fingerprint density at radius 2 is 1.89 bits per heavy atom. The summed E-state index contributed by atoms with van der Waals surface area (Å²) < 4.78 is 0. The standard InChI is InChI=1S/C13H18N2O3/c1-3-4-9-14-13(18)15(2)11-7-5-10(6-8-11)12(16)17/h5-8H,3-4,9H2,1-2H3,(H,14,18)(H,16,17). The molecule has 0 fully saturated rings. The Morgan fingerprint density at radius 3 is 2.39 bits per heavy atom. The average Bonchev–Trinajstić information content (AvgIpc) is 2.38. The van der Waals surface area contributed by atoms with Crippen LogP contribution < -0.4 is 10.2 Å². The number of carboxylic acid groups (broad SMARTS) is 1. The molecule has 5 nitrogen and oxygen atoms in total. The van der Waals surface area contributed by atoms with Crippen molar-refractivity contribution in [1.82, 2.24) is 5.32 Å². The molecule has 0 saturated carbocycles. The molecule has 5 heteroatoms. The van der Waals surface area contributed by atoms with Gasteiger partial charge in [-0.3, -0.25) is 4.90 Å². The van der Waals surface area contributed by atoms with E-state index < -0.39 is 5.97 Å². The molecular formula is C13H18N2O3. The van der Waals surface area contributed by atoms with Crippen LogP contribution >= 0.6 is 0 Å². The van der Waals surface area contributed by atoms with Crippen LogP contribution in [0, 0.1) is 0 Å². The topological polar surface area (TPSA) is 69.6 Å². The zero-order chi connectivity index (χ0) is 13.5. The summed E-state index contributed by atoms with van der Waals surface area (Å²) in [5, 5.41) is 11.6.